The monoisotopic (exact) mass is 353 g/mol. The molecule has 0 fully saturated rings. The van der Waals surface area contributed by atoms with Crippen molar-refractivity contribution in [3.05, 3.63) is 28.4 Å². The van der Waals surface area contributed by atoms with E-state index >= 15 is 0 Å². The Balaban J connectivity index is 2.64. The lowest BCUT2D eigenvalue weighted by atomic mass is 10.1. The van der Waals surface area contributed by atoms with Gasteiger partial charge in [0.1, 0.15) is 0 Å². The predicted octanol–water partition coefficient (Wildman–Crippen LogP) is 3.58. The lowest BCUT2D eigenvalue weighted by Gasteiger charge is -2.13. The summed E-state index contributed by atoms with van der Waals surface area (Å²) in [5.41, 5.74) is 1.08. The van der Waals surface area contributed by atoms with Gasteiger partial charge in [-0.15, -0.1) is 0 Å². The highest BCUT2D eigenvalue weighted by Crippen LogP contribution is 2.36. The highest BCUT2D eigenvalue weighted by molar-refractivity contribution is 9.10. The lowest BCUT2D eigenvalue weighted by molar-refractivity contribution is 0.0599. The zero-order valence-corrected chi connectivity index (χ0v) is 13.7. The van der Waals surface area contributed by atoms with Crippen LogP contribution in [0.2, 0.25) is 0 Å². The second-order valence-electron chi connectivity index (χ2n) is 4.16. The van der Waals surface area contributed by atoms with E-state index in [1.807, 2.05) is 19.9 Å². The first-order chi connectivity index (χ1) is 10.1. The average Bonchev–Trinajstić information content (AvgIpc) is 2.48. The molecule has 21 heavy (non-hydrogen) atoms. The minimum atomic E-state index is -0.442. The zero-order chi connectivity index (χ0) is 15.4. The number of esters is 1. The maximum Gasteiger partial charge on any atom is 0.340 e. The number of hydrogen-bond acceptors (Lipinski definition) is 5. The summed E-state index contributed by atoms with van der Waals surface area (Å²) in [6.45, 7) is 4.86. The van der Waals surface area contributed by atoms with E-state index in [1.165, 1.54) is 13.3 Å². The summed E-state index contributed by atoms with van der Waals surface area (Å²) in [5, 5.41) is 0.768. The Hall–Kier alpha value is -1.82. The molecule has 0 radical (unpaired) electrons. The molecular weight excluding hydrogens is 338 g/mol. The van der Waals surface area contributed by atoms with Crippen LogP contribution in [0.15, 0.2) is 22.8 Å². The fourth-order valence-corrected chi connectivity index (χ4v) is 2.54. The third-order valence-electron chi connectivity index (χ3n) is 2.87. The zero-order valence-electron chi connectivity index (χ0n) is 12.1. The minimum Gasteiger partial charge on any atom is -0.490 e. The van der Waals surface area contributed by atoms with Crippen LogP contribution in [0, 0.1) is 0 Å². The molecule has 0 N–H and O–H groups in total. The molecule has 0 amide bonds. The Bertz CT molecular complexity index is 672. The van der Waals surface area contributed by atoms with Gasteiger partial charge in [0.2, 0.25) is 0 Å². The van der Waals surface area contributed by atoms with Gasteiger partial charge < -0.3 is 14.2 Å². The van der Waals surface area contributed by atoms with E-state index in [0.717, 1.165) is 5.39 Å². The normalized spacial score (nSPS) is 10.5. The Morgan fingerprint density at radius 1 is 1.19 bits per heavy atom. The SMILES string of the molecule is CCOc1cc2ncc(C(=O)OC)c(Br)c2cc1OCC. The van der Waals surface area contributed by atoms with Gasteiger partial charge in [-0.05, 0) is 35.8 Å². The molecule has 0 spiro atoms. The molecule has 2 aromatic rings. The highest BCUT2D eigenvalue weighted by Gasteiger charge is 2.16. The fourth-order valence-electron chi connectivity index (χ4n) is 1.96. The van der Waals surface area contributed by atoms with Crippen LogP contribution < -0.4 is 9.47 Å². The molecule has 1 aromatic heterocycles. The lowest BCUT2D eigenvalue weighted by Crippen LogP contribution is -2.04. The minimum absolute atomic E-state index is 0.372. The van der Waals surface area contributed by atoms with Crippen molar-refractivity contribution in [2.75, 3.05) is 20.3 Å². The van der Waals surface area contributed by atoms with Gasteiger partial charge in [0.25, 0.3) is 0 Å². The average molecular weight is 354 g/mol. The van der Waals surface area contributed by atoms with Crippen molar-refractivity contribution in [3.63, 3.8) is 0 Å². The molecular formula is C15H16BrNO4. The van der Waals surface area contributed by atoms with E-state index in [9.17, 15) is 4.79 Å². The van der Waals surface area contributed by atoms with Gasteiger partial charge in [-0.1, -0.05) is 0 Å². The third-order valence-corrected chi connectivity index (χ3v) is 3.73. The second kappa shape index (κ2) is 6.76. The Morgan fingerprint density at radius 2 is 1.81 bits per heavy atom. The van der Waals surface area contributed by atoms with Crippen molar-refractivity contribution in [3.8, 4) is 11.5 Å². The maximum absolute atomic E-state index is 11.7. The van der Waals surface area contributed by atoms with Crippen molar-refractivity contribution < 1.29 is 19.0 Å². The molecule has 1 heterocycles. The summed E-state index contributed by atoms with van der Waals surface area (Å²) in [5.74, 6) is 0.816. The van der Waals surface area contributed by atoms with Gasteiger partial charge in [0.05, 0.1) is 31.4 Å². The van der Waals surface area contributed by atoms with Crippen molar-refractivity contribution >= 4 is 32.8 Å². The number of pyridine rings is 1. The van der Waals surface area contributed by atoms with Gasteiger partial charge in [-0.25, -0.2) is 4.79 Å². The topological polar surface area (TPSA) is 57.7 Å². The van der Waals surface area contributed by atoms with E-state index in [-0.39, 0.29) is 0 Å². The number of halogens is 1. The van der Waals surface area contributed by atoms with Crippen LogP contribution in [-0.4, -0.2) is 31.3 Å². The van der Waals surface area contributed by atoms with Crippen LogP contribution in [-0.2, 0) is 4.74 Å². The predicted molar refractivity (Wildman–Crippen MR) is 83.1 cm³/mol. The van der Waals surface area contributed by atoms with Gasteiger partial charge in [-0.2, -0.15) is 0 Å². The number of methoxy groups -OCH3 is 1. The van der Waals surface area contributed by atoms with Gasteiger partial charge in [0.15, 0.2) is 11.5 Å². The largest absolute Gasteiger partial charge is 0.490 e. The molecule has 0 saturated heterocycles. The first-order valence-corrected chi connectivity index (χ1v) is 7.37. The standard InChI is InChI=1S/C15H16BrNO4/c1-4-20-12-6-9-11(7-13(12)21-5-2)17-8-10(14(9)16)15(18)19-3/h6-8H,4-5H2,1-3H3. The van der Waals surface area contributed by atoms with E-state index in [1.54, 1.807) is 6.07 Å². The van der Waals surface area contributed by atoms with Crippen LogP contribution in [0.25, 0.3) is 10.9 Å². The number of fused-ring (bicyclic) bond motifs is 1. The molecule has 0 aliphatic rings. The molecule has 5 nitrogen and oxygen atoms in total. The number of hydrogen-bond donors (Lipinski definition) is 0. The molecule has 0 aliphatic carbocycles. The van der Waals surface area contributed by atoms with Gasteiger partial charge in [0, 0.05) is 22.1 Å². The smallest absolute Gasteiger partial charge is 0.340 e. The van der Waals surface area contributed by atoms with Gasteiger partial charge >= 0.3 is 5.97 Å². The molecule has 0 unspecified atom stereocenters. The molecule has 112 valence electrons. The van der Waals surface area contributed by atoms with E-state index in [2.05, 4.69) is 20.9 Å². The Labute approximate surface area is 131 Å². The Morgan fingerprint density at radius 3 is 2.38 bits per heavy atom. The van der Waals surface area contributed by atoms with Gasteiger partial charge in [-0.3, -0.25) is 4.98 Å². The van der Waals surface area contributed by atoms with Crippen LogP contribution in [0.1, 0.15) is 24.2 Å². The summed E-state index contributed by atoms with van der Waals surface area (Å²) >= 11 is 3.43. The quantitative estimate of drug-likeness (QED) is 0.769. The van der Waals surface area contributed by atoms with E-state index in [4.69, 9.17) is 14.2 Å². The second-order valence-corrected chi connectivity index (χ2v) is 4.95. The molecule has 0 saturated carbocycles. The van der Waals surface area contributed by atoms with E-state index < -0.39 is 5.97 Å². The molecule has 0 aliphatic heterocycles. The van der Waals surface area contributed by atoms with Crippen molar-refractivity contribution in [2.45, 2.75) is 13.8 Å². The number of ether oxygens (including phenoxy) is 3. The number of carbonyl (C=O) groups excluding carboxylic acids is 1. The summed E-state index contributed by atoms with van der Waals surface area (Å²) in [4.78, 5) is 16.0. The molecule has 6 heteroatoms. The number of benzene rings is 1. The third kappa shape index (κ3) is 3.10. The molecule has 0 bridgehead atoms. The maximum atomic E-state index is 11.7. The van der Waals surface area contributed by atoms with Crippen LogP contribution in [0.5, 0.6) is 11.5 Å². The first-order valence-electron chi connectivity index (χ1n) is 6.58. The van der Waals surface area contributed by atoms with Crippen molar-refractivity contribution in [1.29, 1.82) is 0 Å². The number of aromatic nitrogens is 1. The van der Waals surface area contributed by atoms with Crippen molar-refractivity contribution in [1.82, 2.24) is 4.98 Å². The molecule has 0 atom stereocenters. The molecule has 2 rings (SSSR count). The number of rotatable bonds is 5. The summed E-state index contributed by atoms with van der Waals surface area (Å²) in [7, 11) is 1.34. The fraction of sp³-hybridized carbons (Fsp3) is 0.333. The van der Waals surface area contributed by atoms with E-state index in [0.29, 0.717) is 40.3 Å². The highest BCUT2D eigenvalue weighted by atomic mass is 79.9. The Kier molecular flexibility index (Phi) is 5.01. The van der Waals surface area contributed by atoms with Crippen LogP contribution in [0.4, 0.5) is 0 Å². The summed E-state index contributed by atoms with van der Waals surface area (Å²) in [6.07, 6.45) is 1.48. The molecule has 1 aromatic carbocycles. The first kappa shape index (κ1) is 15.6. The number of carbonyl (C=O) groups is 1. The van der Waals surface area contributed by atoms with Crippen LogP contribution in [0.3, 0.4) is 0 Å². The number of nitrogens with zero attached hydrogens (tertiary/aromatic N) is 1. The van der Waals surface area contributed by atoms with Crippen molar-refractivity contribution in [2.24, 2.45) is 0 Å². The van der Waals surface area contributed by atoms with Crippen LogP contribution >= 0.6 is 15.9 Å². The summed E-state index contributed by atoms with van der Waals surface area (Å²) in [6, 6.07) is 3.61. The summed E-state index contributed by atoms with van der Waals surface area (Å²) < 4.78 is 16.5.